The molecule has 3 nitrogen and oxygen atoms in total. The second kappa shape index (κ2) is 6.40. The minimum Gasteiger partial charge on any atom is -0.479 e. The van der Waals surface area contributed by atoms with Crippen molar-refractivity contribution in [2.45, 2.75) is 18.5 Å². The summed E-state index contributed by atoms with van der Waals surface area (Å²) in [6, 6.07) is 5.50. The molecule has 0 aliphatic rings. The molecule has 0 heterocycles. The van der Waals surface area contributed by atoms with Gasteiger partial charge in [0.15, 0.2) is 6.10 Å². The molecule has 2 N–H and O–H groups in total. The number of hydrogen-bond acceptors (Lipinski definition) is 2. The second-order valence-electron chi connectivity index (χ2n) is 5.12. The van der Waals surface area contributed by atoms with E-state index < -0.39 is 46.7 Å². The summed E-state index contributed by atoms with van der Waals surface area (Å²) in [5.74, 6) is -1.75. The molecule has 134 valence electrons. The average Bonchev–Trinajstić information content (AvgIpc) is 2.52. The van der Waals surface area contributed by atoms with Crippen molar-refractivity contribution in [2.24, 2.45) is 0 Å². The maximum atomic E-state index is 13.3. The van der Waals surface area contributed by atoms with Crippen LogP contribution in [0, 0.1) is 0 Å². The number of carboxylic acid groups (broad SMARTS) is 1. The van der Waals surface area contributed by atoms with Gasteiger partial charge in [-0.15, -0.1) is 0 Å². The number of carbonyl (C=O) groups is 1. The average molecular weight is 364 g/mol. The Labute approximate surface area is 137 Å². The summed E-state index contributed by atoms with van der Waals surface area (Å²) in [5, 5.41) is 18.1. The molecule has 0 spiro atoms. The van der Waals surface area contributed by atoms with Gasteiger partial charge in [0, 0.05) is 0 Å². The molecule has 2 aromatic rings. The predicted molar refractivity (Wildman–Crippen MR) is 74.5 cm³/mol. The Morgan fingerprint density at radius 3 is 2.08 bits per heavy atom. The van der Waals surface area contributed by atoms with Crippen LogP contribution in [0.1, 0.15) is 22.8 Å². The lowest BCUT2D eigenvalue weighted by atomic mass is 9.94. The van der Waals surface area contributed by atoms with Crippen LogP contribution >= 0.6 is 0 Å². The first-order chi connectivity index (χ1) is 11.4. The van der Waals surface area contributed by atoms with Gasteiger partial charge in [-0.25, -0.2) is 4.79 Å². The molecule has 1 unspecified atom stereocenters. The van der Waals surface area contributed by atoms with Crippen molar-refractivity contribution in [1.82, 2.24) is 0 Å². The van der Waals surface area contributed by atoms with Gasteiger partial charge in [0.25, 0.3) is 0 Å². The zero-order valence-electron chi connectivity index (χ0n) is 12.2. The Morgan fingerprint density at radius 1 is 0.920 bits per heavy atom. The van der Waals surface area contributed by atoms with Gasteiger partial charge in [0.1, 0.15) is 0 Å². The highest BCUT2D eigenvalue weighted by Crippen LogP contribution is 2.40. The summed E-state index contributed by atoms with van der Waals surface area (Å²) in [6.07, 6.45) is -11.9. The lowest BCUT2D eigenvalue weighted by molar-refractivity contribution is -0.147. The molecule has 0 radical (unpaired) electrons. The van der Waals surface area contributed by atoms with E-state index >= 15 is 0 Å². The zero-order chi connectivity index (χ0) is 19.0. The molecule has 0 saturated carbocycles. The highest BCUT2D eigenvalue weighted by molar-refractivity contribution is 5.76. The van der Waals surface area contributed by atoms with Gasteiger partial charge >= 0.3 is 18.3 Å². The Morgan fingerprint density at radius 2 is 1.56 bits per heavy atom. The van der Waals surface area contributed by atoms with Crippen LogP contribution in [0.4, 0.5) is 26.3 Å². The molecule has 0 bridgehead atoms. The maximum absolute atomic E-state index is 13.3. The minimum absolute atomic E-state index is 0.335. The first kappa shape index (κ1) is 18.8. The summed E-state index contributed by atoms with van der Waals surface area (Å²) in [6.45, 7) is 0. The Hall–Kier alpha value is -2.55. The molecule has 2 aromatic carbocycles. The number of aliphatic carboxylic acids is 1. The normalized spacial score (nSPS) is 13.6. The molecule has 0 aromatic heterocycles. The van der Waals surface area contributed by atoms with Crippen molar-refractivity contribution in [3.05, 3.63) is 59.2 Å². The van der Waals surface area contributed by atoms with Gasteiger partial charge in [-0.3, -0.25) is 0 Å². The molecular formula is C16H10F6O3. The lowest BCUT2D eigenvalue weighted by Crippen LogP contribution is -2.14. The fourth-order valence-electron chi connectivity index (χ4n) is 2.22. The number of alkyl halides is 6. The highest BCUT2D eigenvalue weighted by Gasteiger charge is 2.36. The van der Waals surface area contributed by atoms with Gasteiger partial charge in [0.05, 0.1) is 11.1 Å². The summed E-state index contributed by atoms with van der Waals surface area (Å²) in [7, 11) is 0. The van der Waals surface area contributed by atoms with Crippen LogP contribution in [0.5, 0.6) is 0 Å². The number of aliphatic hydroxyl groups is 1. The van der Waals surface area contributed by atoms with E-state index in [9.17, 15) is 36.2 Å². The number of halogens is 6. The summed E-state index contributed by atoms with van der Waals surface area (Å²) >= 11 is 0. The highest BCUT2D eigenvalue weighted by atomic mass is 19.4. The van der Waals surface area contributed by atoms with Gasteiger partial charge in [-0.2, -0.15) is 26.3 Å². The van der Waals surface area contributed by atoms with Crippen LogP contribution in [-0.4, -0.2) is 16.2 Å². The standard InChI is InChI=1S/C16H10F6O3/c17-15(18,19)10-3-1-2-8(6-10)11-5-4-9(13(23)14(24)25)7-12(11)16(20,21)22/h1-7,13,23H,(H,24,25). The molecule has 0 aliphatic carbocycles. The van der Waals surface area contributed by atoms with Crippen LogP contribution in [0.25, 0.3) is 11.1 Å². The number of aliphatic hydroxyl groups excluding tert-OH is 1. The molecule has 2 rings (SSSR count). The van der Waals surface area contributed by atoms with E-state index in [1.807, 2.05) is 0 Å². The molecular weight excluding hydrogens is 354 g/mol. The van der Waals surface area contributed by atoms with E-state index in [-0.39, 0.29) is 5.56 Å². The van der Waals surface area contributed by atoms with Gasteiger partial charge in [0.2, 0.25) is 0 Å². The van der Waals surface area contributed by atoms with Crippen molar-refractivity contribution in [3.63, 3.8) is 0 Å². The summed E-state index contributed by atoms with van der Waals surface area (Å²) in [5.41, 5.74) is -3.88. The zero-order valence-corrected chi connectivity index (χ0v) is 12.2. The Balaban J connectivity index is 2.64. The van der Waals surface area contributed by atoms with Crippen molar-refractivity contribution in [2.75, 3.05) is 0 Å². The number of rotatable bonds is 3. The van der Waals surface area contributed by atoms with Crippen LogP contribution in [0.2, 0.25) is 0 Å². The molecule has 0 aliphatic heterocycles. The monoisotopic (exact) mass is 364 g/mol. The quantitative estimate of drug-likeness (QED) is 0.788. The topological polar surface area (TPSA) is 57.5 Å². The molecule has 0 saturated heterocycles. The van der Waals surface area contributed by atoms with Crippen molar-refractivity contribution in [3.8, 4) is 11.1 Å². The molecule has 9 heteroatoms. The van der Waals surface area contributed by atoms with Gasteiger partial charge in [-0.05, 0) is 34.9 Å². The number of benzene rings is 2. The number of carboxylic acids is 1. The van der Waals surface area contributed by atoms with Crippen molar-refractivity contribution < 1.29 is 41.4 Å². The fraction of sp³-hybridized carbons (Fsp3) is 0.188. The number of hydrogen-bond donors (Lipinski definition) is 2. The van der Waals surface area contributed by atoms with Gasteiger partial charge < -0.3 is 10.2 Å². The summed E-state index contributed by atoms with van der Waals surface area (Å²) < 4.78 is 78.1. The van der Waals surface area contributed by atoms with Crippen LogP contribution in [0.3, 0.4) is 0 Å². The molecule has 1 atom stereocenters. The third kappa shape index (κ3) is 4.11. The first-order valence-corrected chi connectivity index (χ1v) is 6.71. The fourth-order valence-corrected chi connectivity index (χ4v) is 2.22. The Kier molecular flexibility index (Phi) is 4.81. The van der Waals surface area contributed by atoms with Crippen LogP contribution in [-0.2, 0) is 17.1 Å². The van der Waals surface area contributed by atoms with Crippen LogP contribution < -0.4 is 0 Å². The van der Waals surface area contributed by atoms with E-state index in [0.717, 1.165) is 30.3 Å². The van der Waals surface area contributed by atoms with Crippen molar-refractivity contribution >= 4 is 5.97 Å². The smallest absolute Gasteiger partial charge is 0.417 e. The molecule has 0 amide bonds. The largest absolute Gasteiger partial charge is 0.479 e. The second-order valence-corrected chi connectivity index (χ2v) is 5.12. The summed E-state index contributed by atoms with van der Waals surface area (Å²) in [4.78, 5) is 10.7. The van der Waals surface area contributed by atoms with Crippen molar-refractivity contribution in [1.29, 1.82) is 0 Å². The maximum Gasteiger partial charge on any atom is 0.417 e. The lowest BCUT2D eigenvalue weighted by Gasteiger charge is -2.17. The third-order valence-electron chi connectivity index (χ3n) is 3.40. The molecule has 0 fully saturated rings. The minimum atomic E-state index is -4.96. The van der Waals surface area contributed by atoms with E-state index in [4.69, 9.17) is 5.11 Å². The van der Waals surface area contributed by atoms with Gasteiger partial charge in [-0.1, -0.05) is 24.3 Å². The van der Waals surface area contributed by atoms with E-state index in [1.54, 1.807) is 0 Å². The van der Waals surface area contributed by atoms with E-state index in [1.165, 1.54) is 0 Å². The molecule has 25 heavy (non-hydrogen) atoms. The Bertz CT molecular complexity index is 795. The first-order valence-electron chi connectivity index (χ1n) is 6.71. The third-order valence-corrected chi connectivity index (χ3v) is 3.40. The predicted octanol–water partition coefficient (Wildman–Crippen LogP) is 4.51. The van der Waals surface area contributed by atoms with Crippen LogP contribution in [0.15, 0.2) is 42.5 Å². The van der Waals surface area contributed by atoms with E-state index in [0.29, 0.717) is 12.1 Å². The van der Waals surface area contributed by atoms with E-state index in [2.05, 4.69) is 0 Å². The SMILES string of the molecule is O=C(O)C(O)c1ccc(-c2cccc(C(F)(F)F)c2)c(C(F)(F)F)c1.